The third-order valence-corrected chi connectivity index (χ3v) is 5.71. The molecule has 0 spiro atoms. The van der Waals surface area contributed by atoms with Crippen molar-refractivity contribution in [3.8, 4) is 11.1 Å². The van der Waals surface area contributed by atoms with Crippen LogP contribution in [-0.4, -0.2) is 22.6 Å². The van der Waals surface area contributed by atoms with E-state index in [2.05, 4.69) is 5.32 Å². The number of amides is 3. The fourth-order valence-corrected chi connectivity index (χ4v) is 4.00. The Bertz CT molecular complexity index is 1510. The zero-order valence-electron chi connectivity index (χ0n) is 18.2. The first-order valence-corrected chi connectivity index (χ1v) is 10.7. The molecule has 35 heavy (non-hydrogen) atoms. The van der Waals surface area contributed by atoms with Crippen LogP contribution in [0.1, 0.15) is 31.1 Å². The summed E-state index contributed by atoms with van der Waals surface area (Å²) < 4.78 is 0. The maximum Gasteiger partial charge on any atom is 0.292 e. The van der Waals surface area contributed by atoms with Crippen molar-refractivity contribution in [2.24, 2.45) is 0 Å². The second-order valence-corrected chi connectivity index (χ2v) is 7.85. The van der Waals surface area contributed by atoms with Crippen molar-refractivity contribution in [2.75, 3.05) is 10.2 Å². The highest BCUT2D eigenvalue weighted by atomic mass is 16.6. The summed E-state index contributed by atoms with van der Waals surface area (Å²) in [5.41, 5.74) is 2.37. The average molecular weight is 463 g/mol. The van der Waals surface area contributed by atoms with E-state index in [4.69, 9.17) is 0 Å². The van der Waals surface area contributed by atoms with Gasteiger partial charge in [-0.3, -0.25) is 24.5 Å². The lowest BCUT2D eigenvalue weighted by atomic mass is 10.0. The molecule has 8 heteroatoms. The molecule has 5 rings (SSSR count). The Balaban J connectivity index is 1.44. The lowest BCUT2D eigenvalue weighted by molar-refractivity contribution is -0.383. The standard InChI is InChI=1S/C27H17N3O5/c31-25(28-23-11-4-5-12-24(23)30(34)35)19-13-14-21-22(16-19)27(33)29(26(21)32)20-10-6-9-18(15-20)17-7-2-1-3-8-17/h1-16H,(H,28,31). The van der Waals surface area contributed by atoms with E-state index in [1.165, 1.54) is 36.4 Å². The van der Waals surface area contributed by atoms with E-state index in [1.807, 2.05) is 36.4 Å². The van der Waals surface area contributed by atoms with Crippen LogP contribution in [0.4, 0.5) is 17.1 Å². The van der Waals surface area contributed by atoms with Gasteiger partial charge in [0.25, 0.3) is 23.4 Å². The molecule has 8 nitrogen and oxygen atoms in total. The summed E-state index contributed by atoms with van der Waals surface area (Å²) in [5, 5.41) is 13.7. The first-order chi connectivity index (χ1) is 16.9. The minimum atomic E-state index is -0.633. The molecule has 0 aromatic heterocycles. The number of nitrogens with one attached hydrogen (secondary N) is 1. The van der Waals surface area contributed by atoms with Gasteiger partial charge in [0.05, 0.1) is 21.7 Å². The van der Waals surface area contributed by atoms with Gasteiger partial charge in [0.15, 0.2) is 0 Å². The molecule has 0 atom stereocenters. The van der Waals surface area contributed by atoms with E-state index in [9.17, 15) is 24.5 Å². The second-order valence-electron chi connectivity index (χ2n) is 7.85. The molecule has 1 aliphatic heterocycles. The van der Waals surface area contributed by atoms with Crippen LogP contribution in [0, 0.1) is 10.1 Å². The number of nitro groups is 1. The van der Waals surface area contributed by atoms with E-state index < -0.39 is 22.6 Å². The molecule has 3 amide bonds. The van der Waals surface area contributed by atoms with Crippen molar-refractivity contribution in [1.29, 1.82) is 0 Å². The Morgan fingerprint density at radius 1 is 0.743 bits per heavy atom. The maximum atomic E-state index is 13.2. The number of nitro benzene ring substituents is 1. The molecule has 0 saturated heterocycles. The van der Waals surface area contributed by atoms with Gasteiger partial charge >= 0.3 is 0 Å². The Hall–Kier alpha value is -5.11. The van der Waals surface area contributed by atoms with Gasteiger partial charge in [-0.2, -0.15) is 0 Å². The number of carbonyl (C=O) groups is 3. The third-order valence-electron chi connectivity index (χ3n) is 5.71. The van der Waals surface area contributed by atoms with E-state index in [0.29, 0.717) is 5.69 Å². The van der Waals surface area contributed by atoms with E-state index in [1.54, 1.807) is 24.3 Å². The zero-order valence-corrected chi connectivity index (χ0v) is 18.2. The molecule has 1 heterocycles. The van der Waals surface area contributed by atoms with Crippen molar-refractivity contribution < 1.29 is 19.3 Å². The van der Waals surface area contributed by atoms with Crippen molar-refractivity contribution in [2.45, 2.75) is 0 Å². The summed E-state index contributed by atoms with van der Waals surface area (Å²) in [7, 11) is 0. The molecule has 170 valence electrons. The fraction of sp³-hybridized carbons (Fsp3) is 0. The van der Waals surface area contributed by atoms with E-state index in [0.717, 1.165) is 16.0 Å². The number of anilines is 2. The van der Waals surface area contributed by atoms with Crippen LogP contribution in [0.25, 0.3) is 11.1 Å². The van der Waals surface area contributed by atoms with Crippen LogP contribution in [0.2, 0.25) is 0 Å². The van der Waals surface area contributed by atoms with Gasteiger partial charge in [0.1, 0.15) is 5.69 Å². The monoisotopic (exact) mass is 463 g/mol. The molecule has 4 aromatic rings. The van der Waals surface area contributed by atoms with Gasteiger partial charge in [0, 0.05) is 11.6 Å². The molecular weight excluding hydrogens is 446 g/mol. The molecule has 1 N–H and O–H groups in total. The molecule has 4 aromatic carbocycles. The first-order valence-electron chi connectivity index (χ1n) is 10.7. The highest BCUT2D eigenvalue weighted by Gasteiger charge is 2.37. The fourth-order valence-electron chi connectivity index (χ4n) is 4.00. The summed E-state index contributed by atoms with van der Waals surface area (Å²) in [4.78, 5) is 50.8. The molecule has 0 radical (unpaired) electrons. The van der Waals surface area contributed by atoms with Crippen LogP contribution in [-0.2, 0) is 0 Å². The first kappa shape index (κ1) is 21.7. The minimum absolute atomic E-state index is 0.0322. The lowest BCUT2D eigenvalue weighted by Crippen LogP contribution is -2.29. The summed E-state index contributed by atoms with van der Waals surface area (Å²) in [6, 6.07) is 26.6. The van der Waals surface area contributed by atoms with Gasteiger partial charge < -0.3 is 5.32 Å². The van der Waals surface area contributed by atoms with Gasteiger partial charge in [0.2, 0.25) is 0 Å². The topological polar surface area (TPSA) is 110 Å². The quantitative estimate of drug-likeness (QED) is 0.245. The third kappa shape index (κ3) is 3.93. The largest absolute Gasteiger partial charge is 0.316 e. The van der Waals surface area contributed by atoms with Gasteiger partial charge in [-0.1, -0.05) is 54.6 Å². The van der Waals surface area contributed by atoms with E-state index >= 15 is 0 Å². The molecular formula is C27H17N3O5. The number of fused-ring (bicyclic) bond motifs is 1. The van der Waals surface area contributed by atoms with Gasteiger partial charge in [-0.15, -0.1) is 0 Å². The minimum Gasteiger partial charge on any atom is -0.316 e. The summed E-state index contributed by atoms with van der Waals surface area (Å²) in [6.45, 7) is 0. The molecule has 0 unspecified atom stereocenters. The molecule has 0 aliphatic carbocycles. The van der Waals surface area contributed by atoms with Crippen molar-refractivity contribution in [3.63, 3.8) is 0 Å². The zero-order chi connectivity index (χ0) is 24.5. The number of rotatable bonds is 5. The molecule has 0 bridgehead atoms. The lowest BCUT2D eigenvalue weighted by Gasteiger charge is -2.15. The Kier molecular flexibility index (Phi) is 5.39. The smallest absolute Gasteiger partial charge is 0.292 e. The van der Waals surface area contributed by atoms with Crippen LogP contribution >= 0.6 is 0 Å². The maximum absolute atomic E-state index is 13.2. The number of carbonyl (C=O) groups excluding carboxylic acids is 3. The SMILES string of the molecule is O=C(Nc1ccccc1[N+](=O)[O-])c1ccc2c(c1)C(=O)N(c1cccc(-c3ccccc3)c1)C2=O. The number of benzene rings is 4. The molecule has 0 saturated carbocycles. The second kappa shape index (κ2) is 8.68. The highest BCUT2D eigenvalue weighted by molar-refractivity contribution is 6.35. The molecule has 0 fully saturated rings. The van der Waals surface area contributed by atoms with Gasteiger partial charge in [-0.05, 0) is 47.5 Å². The summed E-state index contributed by atoms with van der Waals surface area (Å²) >= 11 is 0. The number of hydrogen-bond acceptors (Lipinski definition) is 5. The van der Waals surface area contributed by atoms with Gasteiger partial charge in [-0.25, -0.2) is 4.90 Å². The van der Waals surface area contributed by atoms with Crippen LogP contribution in [0.5, 0.6) is 0 Å². The van der Waals surface area contributed by atoms with Crippen LogP contribution in [0.15, 0.2) is 97.1 Å². The van der Waals surface area contributed by atoms with Crippen LogP contribution in [0.3, 0.4) is 0 Å². The predicted octanol–water partition coefficient (Wildman–Crippen LogP) is 5.31. The Morgan fingerprint density at radius 3 is 2.20 bits per heavy atom. The number of imide groups is 1. The van der Waals surface area contributed by atoms with Crippen molar-refractivity contribution in [3.05, 3.63) is 124 Å². The Labute approximate surface area is 199 Å². The predicted molar refractivity (Wildman–Crippen MR) is 131 cm³/mol. The average Bonchev–Trinajstić information content (AvgIpc) is 3.14. The van der Waals surface area contributed by atoms with Crippen LogP contribution < -0.4 is 10.2 Å². The number of para-hydroxylation sites is 2. The summed E-state index contributed by atoms with van der Waals surface area (Å²) in [6.07, 6.45) is 0. The highest BCUT2D eigenvalue weighted by Crippen LogP contribution is 2.32. The van der Waals surface area contributed by atoms with Crippen molar-refractivity contribution in [1.82, 2.24) is 0 Å². The number of nitrogens with zero attached hydrogens (tertiary/aromatic N) is 2. The molecule has 1 aliphatic rings. The van der Waals surface area contributed by atoms with Crippen molar-refractivity contribution >= 4 is 34.8 Å². The Morgan fingerprint density at radius 2 is 1.43 bits per heavy atom. The van der Waals surface area contributed by atoms with E-state index in [-0.39, 0.29) is 28.1 Å². The normalized spacial score (nSPS) is 12.4. The number of hydrogen-bond donors (Lipinski definition) is 1. The summed E-state index contributed by atoms with van der Waals surface area (Å²) in [5.74, 6) is -1.66.